The molecule has 1 fully saturated rings. The van der Waals surface area contributed by atoms with Crippen molar-refractivity contribution in [1.29, 1.82) is 0 Å². The molecule has 2 amide bonds. The predicted molar refractivity (Wildman–Crippen MR) is 49.1 cm³/mol. The van der Waals surface area contributed by atoms with E-state index in [9.17, 15) is 9.59 Å². The van der Waals surface area contributed by atoms with Crippen molar-refractivity contribution >= 4 is 11.8 Å². The van der Waals surface area contributed by atoms with Gasteiger partial charge >= 0.3 is 0 Å². The smallest absolute Gasteiger partial charge is 0.239 e. The minimum absolute atomic E-state index is 0.0814. The van der Waals surface area contributed by atoms with Crippen molar-refractivity contribution in [3.05, 3.63) is 0 Å². The second-order valence-corrected chi connectivity index (χ2v) is 3.46. The van der Waals surface area contributed by atoms with Crippen LogP contribution < -0.4 is 10.6 Å². The summed E-state index contributed by atoms with van der Waals surface area (Å²) in [6.45, 7) is 1.51. The number of amides is 2. The molecule has 0 aliphatic heterocycles. The van der Waals surface area contributed by atoms with E-state index < -0.39 is 0 Å². The Morgan fingerprint density at radius 1 is 1.31 bits per heavy atom. The maximum absolute atomic E-state index is 11.2. The van der Waals surface area contributed by atoms with E-state index in [1.165, 1.54) is 19.8 Å². The zero-order valence-corrected chi connectivity index (χ0v) is 7.93. The highest BCUT2D eigenvalue weighted by Crippen LogP contribution is 2.17. The summed E-state index contributed by atoms with van der Waals surface area (Å²) in [6.07, 6.45) is 4.55. The summed E-state index contributed by atoms with van der Waals surface area (Å²) < 4.78 is 0. The summed E-state index contributed by atoms with van der Waals surface area (Å²) >= 11 is 0. The lowest BCUT2D eigenvalue weighted by Gasteiger charge is -2.11. The molecular formula is C9H16N2O2. The van der Waals surface area contributed by atoms with Crippen molar-refractivity contribution in [2.24, 2.45) is 0 Å². The van der Waals surface area contributed by atoms with Gasteiger partial charge in [-0.15, -0.1) is 0 Å². The van der Waals surface area contributed by atoms with Crippen molar-refractivity contribution in [3.8, 4) is 0 Å². The van der Waals surface area contributed by atoms with Crippen LogP contribution in [-0.4, -0.2) is 24.4 Å². The second kappa shape index (κ2) is 4.84. The predicted octanol–water partition coefficient (Wildman–Crippen LogP) is 0.181. The van der Waals surface area contributed by atoms with Crippen LogP contribution in [0.15, 0.2) is 0 Å². The molecule has 0 heterocycles. The Morgan fingerprint density at radius 3 is 2.46 bits per heavy atom. The van der Waals surface area contributed by atoms with Gasteiger partial charge in [-0.1, -0.05) is 12.8 Å². The molecule has 0 atom stereocenters. The minimum Gasteiger partial charge on any atom is -0.352 e. The molecular weight excluding hydrogens is 168 g/mol. The summed E-state index contributed by atoms with van der Waals surface area (Å²) in [5, 5.41) is 5.35. The summed E-state index contributed by atoms with van der Waals surface area (Å²) in [7, 11) is 0. The average Bonchev–Trinajstić information content (AvgIpc) is 2.53. The third-order valence-corrected chi connectivity index (χ3v) is 2.22. The van der Waals surface area contributed by atoms with Crippen LogP contribution in [0.25, 0.3) is 0 Å². The molecule has 13 heavy (non-hydrogen) atoms. The van der Waals surface area contributed by atoms with E-state index in [-0.39, 0.29) is 18.4 Å². The number of nitrogens with one attached hydrogen (secondary N) is 2. The van der Waals surface area contributed by atoms with Crippen LogP contribution >= 0.6 is 0 Å². The molecule has 4 heteroatoms. The van der Waals surface area contributed by atoms with E-state index in [4.69, 9.17) is 0 Å². The third kappa shape index (κ3) is 3.92. The Labute approximate surface area is 78.1 Å². The quantitative estimate of drug-likeness (QED) is 0.657. The van der Waals surface area contributed by atoms with Crippen LogP contribution in [0.1, 0.15) is 32.6 Å². The molecule has 0 aromatic rings. The van der Waals surface area contributed by atoms with Crippen molar-refractivity contribution in [1.82, 2.24) is 10.6 Å². The maximum atomic E-state index is 11.2. The molecule has 0 bridgehead atoms. The van der Waals surface area contributed by atoms with E-state index in [0.717, 1.165) is 12.8 Å². The second-order valence-electron chi connectivity index (χ2n) is 3.46. The fraction of sp³-hybridized carbons (Fsp3) is 0.778. The number of hydrogen-bond acceptors (Lipinski definition) is 2. The van der Waals surface area contributed by atoms with Gasteiger partial charge in [-0.05, 0) is 12.8 Å². The van der Waals surface area contributed by atoms with Gasteiger partial charge < -0.3 is 10.6 Å². The Kier molecular flexibility index (Phi) is 3.73. The van der Waals surface area contributed by atoms with Gasteiger partial charge in [0, 0.05) is 13.0 Å². The van der Waals surface area contributed by atoms with Crippen LogP contribution in [-0.2, 0) is 9.59 Å². The van der Waals surface area contributed by atoms with Gasteiger partial charge in [0.2, 0.25) is 11.8 Å². The van der Waals surface area contributed by atoms with Gasteiger partial charge in [0.1, 0.15) is 0 Å². The van der Waals surface area contributed by atoms with Crippen LogP contribution in [0.4, 0.5) is 0 Å². The third-order valence-electron chi connectivity index (χ3n) is 2.22. The van der Waals surface area contributed by atoms with E-state index in [0.29, 0.717) is 6.04 Å². The van der Waals surface area contributed by atoms with Gasteiger partial charge in [0.15, 0.2) is 0 Å². The lowest BCUT2D eigenvalue weighted by atomic mass is 10.2. The summed E-state index contributed by atoms with van der Waals surface area (Å²) in [6, 6.07) is 0.334. The highest BCUT2D eigenvalue weighted by molar-refractivity contribution is 5.83. The molecule has 1 aliphatic carbocycles. The van der Waals surface area contributed by atoms with Crippen LogP contribution in [0.3, 0.4) is 0 Å². The number of rotatable bonds is 3. The zero-order valence-electron chi connectivity index (χ0n) is 7.93. The molecule has 2 N–H and O–H groups in total. The lowest BCUT2D eigenvalue weighted by molar-refractivity contribution is -0.125. The van der Waals surface area contributed by atoms with E-state index in [2.05, 4.69) is 10.6 Å². The monoisotopic (exact) mass is 184 g/mol. The fourth-order valence-corrected chi connectivity index (χ4v) is 1.55. The SMILES string of the molecule is CC(=O)NCC(=O)NC1CCCC1. The Balaban J connectivity index is 2.13. The van der Waals surface area contributed by atoms with E-state index in [1.807, 2.05) is 0 Å². The van der Waals surface area contributed by atoms with Crippen molar-refractivity contribution in [2.75, 3.05) is 6.54 Å². The van der Waals surface area contributed by atoms with Crippen LogP contribution in [0, 0.1) is 0 Å². The molecule has 74 valence electrons. The van der Waals surface area contributed by atoms with Crippen molar-refractivity contribution < 1.29 is 9.59 Å². The first-order valence-electron chi connectivity index (χ1n) is 4.72. The molecule has 0 aromatic heterocycles. The van der Waals surface area contributed by atoms with E-state index in [1.54, 1.807) is 0 Å². The van der Waals surface area contributed by atoms with E-state index >= 15 is 0 Å². The highest BCUT2D eigenvalue weighted by atomic mass is 16.2. The first kappa shape index (κ1) is 10.0. The first-order chi connectivity index (χ1) is 6.18. The minimum atomic E-state index is -0.165. The molecule has 0 saturated heterocycles. The molecule has 0 aromatic carbocycles. The Hall–Kier alpha value is -1.06. The summed E-state index contributed by atoms with van der Waals surface area (Å²) in [5.74, 6) is -0.247. The standard InChI is InChI=1S/C9H16N2O2/c1-7(12)10-6-9(13)11-8-4-2-3-5-8/h8H,2-6H2,1H3,(H,10,12)(H,11,13). The fourth-order valence-electron chi connectivity index (χ4n) is 1.55. The highest BCUT2D eigenvalue weighted by Gasteiger charge is 2.16. The van der Waals surface area contributed by atoms with Gasteiger partial charge in [-0.3, -0.25) is 9.59 Å². The Morgan fingerprint density at radius 2 is 1.92 bits per heavy atom. The van der Waals surface area contributed by atoms with Crippen molar-refractivity contribution in [3.63, 3.8) is 0 Å². The molecule has 1 saturated carbocycles. The average molecular weight is 184 g/mol. The number of hydrogen-bond donors (Lipinski definition) is 2. The molecule has 0 unspecified atom stereocenters. The summed E-state index contributed by atoms with van der Waals surface area (Å²) in [4.78, 5) is 21.7. The number of carbonyl (C=O) groups is 2. The van der Waals surface area contributed by atoms with Gasteiger partial charge in [-0.25, -0.2) is 0 Å². The first-order valence-corrected chi connectivity index (χ1v) is 4.72. The summed E-state index contributed by atoms with van der Waals surface area (Å²) in [5.41, 5.74) is 0. The van der Waals surface area contributed by atoms with Crippen LogP contribution in [0.2, 0.25) is 0 Å². The maximum Gasteiger partial charge on any atom is 0.239 e. The van der Waals surface area contributed by atoms with Gasteiger partial charge in [0.25, 0.3) is 0 Å². The molecule has 1 aliphatic rings. The molecule has 1 rings (SSSR count). The van der Waals surface area contributed by atoms with Crippen molar-refractivity contribution in [2.45, 2.75) is 38.6 Å². The Bertz CT molecular complexity index is 198. The molecule has 0 spiro atoms. The van der Waals surface area contributed by atoms with Gasteiger partial charge in [-0.2, -0.15) is 0 Å². The topological polar surface area (TPSA) is 58.2 Å². The van der Waals surface area contributed by atoms with Gasteiger partial charge in [0.05, 0.1) is 6.54 Å². The lowest BCUT2D eigenvalue weighted by Crippen LogP contribution is -2.40. The number of carbonyl (C=O) groups excluding carboxylic acids is 2. The van der Waals surface area contributed by atoms with Crippen LogP contribution in [0.5, 0.6) is 0 Å². The normalized spacial score (nSPS) is 17.0. The molecule has 4 nitrogen and oxygen atoms in total. The molecule has 0 radical (unpaired) electrons. The zero-order chi connectivity index (χ0) is 9.68. The largest absolute Gasteiger partial charge is 0.352 e.